The second-order valence-electron chi connectivity index (χ2n) is 5.61. The number of anilines is 1. The number of nitrogens with one attached hydrogen (secondary N) is 2. The van der Waals surface area contributed by atoms with Crippen molar-refractivity contribution in [2.75, 3.05) is 11.9 Å². The molecule has 0 fully saturated rings. The van der Waals surface area contributed by atoms with Crippen molar-refractivity contribution in [3.8, 4) is 5.75 Å². The van der Waals surface area contributed by atoms with Crippen molar-refractivity contribution in [2.24, 2.45) is 0 Å². The van der Waals surface area contributed by atoms with Crippen LogP contribution in [-0.2, 0) is 4.79 Å². The lowest BCUT2D eigenvalue weighted by atomic mass is 10.00. The second kappa shape index (κ2) is 6.70. The van der Waals surface area contributed by atoms with Gasteiger partial charge in [-0.2, -0.15) is 0 Å². The van der Waals surface area contributed by atoms with Crippen LogP contribution in [0.15, 0.2) is 42.5 Å². The summed E-state index contributed by atoms with van der Waals surface area (Å²) in [5, 5.41) is 5.54. The number of hydrogen-bond donors (Lipinski definition) is 2. The highest BCUT2D eigenvalue weighted by Gasteiger charge is 2.24. The lowest BCUT2D eigenvalue weighted by Gasteiger charge is -2.26. The standard InChI is InChI=1S/C18H17FN2O3/c1-11(22)20-14-4-2-3-12(9-14)18(23)21-16-7-8-24-17-6-5-13(19)10-15(16)17/h2-6,9-10,16H,7-8H2,1H3,(H,20,22)(H,21,23). The van der Waals surface area contributed by atoms with Crippen LogP contribution in [0.3, 0.4) is 0 Å². The third-order valence-electron chi connectivity index (χ3n) is 3.76. The Bertz CT molecular complexity index is 792. The quantitative estimate of drug-likeness (QED) is 0.910. The van der Waals surface area contributed by atoms with Gasteiger partial charge in [-0.25, -0.2) is 4.39 Å². The maximum absolute atomic E-state index is 13.5. The Labute approximate surface area is 138 Å². The number of ether oxygens (including phenoxy) is 1. The zero-order chi connectivity index (χ0) is 17.1. The number of amides is 2. The van der Waals surface area contributed by atoms with Crippen LogP contribution in [0.5, 0.6) is 5.75 Å². The normalized spacial score (nSPS) is 15.8. The van der Waals surface area contributed by atoms with E-state index >= 15 is 0 Å². The molecule has 24 heavy (non-hydrogen) atoms. The predicted octanol–water partition coefficient (Wildman–Crippen LogP) is 3.04. The SMILES string of the molecule is CC(=O)Nc1cccc(C(=O)NC2CCOc3ccc(F)cc32)c1. The molecule has 0 radical (unpaired) electrons. The molecule has 6 heteroatoms. The van der Waals surface area contributed by atoms with Crippen LogP contribution >= 0.6 is 0 Å². The summed E-state index contributed by atoms with van der Waals surface area (Å²) in [4.78, 5) is 23.6. The van der Waals surface area contributed by atoms with E-state index in [1.165, 1.54) is 19.1 Å². The van der Waals surface area contributed by atoms with Crippen molar-refractivity contribution >= 4 is 17.5 Å². The fourth-order valence-corrected chi connectivity index (χ4v) is 2.70. The van der Waals surface area contributed by atoms with Gasteiger partial charge in [0.1, 0.15) is 11.6 Å². The van der Waals surface area contributed by atoms with Gasteiger partial charge in [0.15, 0.2) is 0 Å². The molecule has 1 heterocycles. The van der Waals surface area contributed by atoms with Gasteiger partial charge < -0.3 is 15.4 Å². The van der Waals surface area contributed by atoms with E-state index in [4.69, 9.17) is 4.74 Å². The highest BCUT2D eigenvalue weighted by atomic mass is 19.1. The molecule has 1 unspecified atom stereocenters. The fourth-order valence-electron chi connectivity index (χ4n) is 2.70. The Balaban J connectivity index is 1.79. The zero-order valence-corrected chi connectivity index (χ0v) is 13.1. The Morgan fingerprint density at radius 1 is 1.21 bits per heavy atom. The Hall–Kier alpha value is -2.89. The number of rotatable bonds is 3. The van der Waals surface area contributed by atoms with E-state index in [9.17, 15) is 14.0 Å². The van der Waals surface area contributed by atoms with Crippen LogP contribution in [-0.4, -0.2) is 18.4 Å². The van der Waals surface area contributed by atoms with Crippen molar-refractivity contribution < 1.29 is 18.7 Å². The first-order chi connectivity index (χ1) is 11.5. The number of carbonyl (C=O) groups is 2. The van der Waals surface area contributed by atoms with E-state index in [0.717, 1.165) is 0 Å². The minimum atomic E-state index is -0.369. The Kier molecular flexibility index (Phi) is 4.46. The topological polar surface area (TPSA) is 67.4 Å². The first-order valence-corrected chi connectivity index (χ1v) is 7.64. The van der Waals surface area contributed by atoms with Crippen molar-refractivity contribution in [1.82, 2.24) is 5.32 Å². The monoisotopic (exact) mass is 328 g/mol. The second-order valence-corrected chi connectivity index (χ2v) is 5.61. The lowest BCUT2D eigenvalue weighted by Crippen LogP contribution is -2.32. The van der Waals surface area contributed by atoms with Crippen LogP contribution in [0.4, 0.5) is 10.1 Å². The van der Waals surface area contributed by atoms with Gasteiger partial charge in [-0.1, -0.05) is 6.07 Å². The first kappa shape index (κ1) is 16.0. The minimum Gasteiger partial charge on any atom is -0.493 e. The molecule has 124 valence electrons. The summed E-state index contributed by atoms with van der Waals surface area (Å²) in [6.07, 6.45) is 0.563. The summed E-state index contributed by atoms with van der Waals surface area (Å²) >= 11 is 0. The van der Waals surface area contributed by atoms with Crippen molar-refractivity contribution in [3.05, 3.63) is 59.4 Å². The van der Waals surface area contributed by atoms with Gasteiger partial charge in [0.05, 0.1) is 12.6 Å². The van der Waals surface area contributed by atoms with E-state index in [1.54, 1.807) is 30.3 Å². The molecule has 1 aliphatic heterocycles. The summed E-state index contributed by atoms with van der Waals surface area (Å²) in [5.41, 5.74) is 1.60. The summed E-state index contributed by atoms with van der Waals surface area (Å²) in [6, 6.07) is 10.6. The third kappa shape index (κ3) is 3.53. The molecule has 2 amide bonds. The molecule has 1 aliphatic rings. The summed E-state index contributed by atoms with van der Waals surface area (Å²) in [7, 11) is 0. The van der Waals surface area contributed by atoms with Gasteiger partial charge >= 0.3 is 0 Å². The summed E-state index contributed by atoms with van der Waals surface area (Å²) < 4.78 is 19.0. The molecule has 0 saturated heterocycles. The molecule has 0 aliphatic carbocycles. The molecule has 0 bridgehead atoms. The highest BCUT2D eigenvalue weighted by molar-refractivity contribution is 5.97. The van der Waals surface area contributed by atoms with Crippen molar-refractivity contribution in [1.29, 1.82) is 0 Å². The third-order valence-corrected chi connectivity index (χ3v) is 3.76. The smallest absolute Gasteiger partial charge is 0.251 e. The first-order valence-electron chi connectivity index (χ1n) is 7.64. The fraction of sp³-hybridized carbons (Fsp3) is 0.222. The van der Waals surface area contributed by atoms with Gasteiger partial charge in [-0.3, -0.25) is 9.59 Å². The molecule has 3 rings (SSSR count). The van der Waals surface area contributed by atoms with Crippen LogP contribution in [0.2, 0.25) is 0 Å². The number of benzene rings is 2. The lowest BCUT2D eigenvalue weighted by molar-refractivity contribution is -0.114. The molecule has 0 spiro atoms. The number of hydrogen-bond acceptors (Lipinski definition) is 3. The molecule has 1 atom stereocenters. The Morgan fingerprint density at radius 2 is 2.04 bits per heavy atom. The number of carbonyl (C=O) groups excluding carboxylic acids is 2. The van der Waals surface area contributed by atoms with Gasteiger partial charge in [-0.05, 0) is 36.4 Å². The summed E-state index contributed by atoms with van der Waals surface area (Å²) in [6.45, 7) is 1.86. The number of fused-ring (bicyclic) bond motifs is 1. The minimum absolute atomic E-state index is 0.207. The van der Waals surface area contributed by atoms with Gasteiger partial charge in [0, 0.05) is 30.2 Å². The molecule has 5 nitrogen and oxygen atoms in total. The summed E-state index contributed by atoms with van der Waals surface area (Å²) in [5.74, 6) is -0.281. The maximum Gasteiger partial charge on any atom is 0.251 e. The van der Waals surface area contributed by atoms with Crippen LogP contribution in [0, 0.1) is 5.82 Å². The number of halogens is 1. The van der Waals surface area contributed by atoms with E-state index in [2.05, 4.69) is 10.6 Å². The maximum atomic E-state index is 13.5. The Morgan fingerprint density at radius 3 is 2.83 bits per heavy atom. The van der Waals surface area contributed by atoms with Crippen LogP contribution in [0.25, 0.3) is 0 Å². The van der Waals surface area contributed by atoms with E-state index in [1.807, 2.05) is 0 Å². The molecular formula is C18H17FN2O3. The van der Waals surface area contributed by atoms with Gasteiger partial charge in [0.25, 0.3) is 5.91 Å². The van der Waals surface area contributed by atoms with E-state index in [-0.39, 0.29) is 23.7 Å². The molecule has 0 saturated carbocycles. The average molecular weight is 328 g/mol. The molecule has 2 N–H and O–H groups in total. The van der Waals surface area contributed by atoms with Gasteiger partial charge in [0.2, 0.25) is 5.91 Å². The average Bonchev–Trinajstić information content (AvgIpc) is 2.55. The molecule has 0 aromatic heterocycles. The molecular weight excluding hydrogens is 311 g/mol. The largest absolute Gasteiger partial charge is 0.493 e. The van der Waals surface area contributed by atoms with Crippen molar-refractivity contribution in [3.63, 3.8) is 0 Å². The van der Waals surface area contributed by atoms with Gasteiger partial charge in [-0.15, -0.1) is 0 Å². The predicted molar refractivity (Wildman–Crippen MR) is 87.5 cm³/mol. The molecule has 2 aromatic rings. The zero-order valence-electron chi connectivity index (χ0n) is 13.1. The van der Waals surface area contributed by atoms with E-state index in [0.29, 0.717) is 35.6 Å². The van der Waals surface area contributed by atoms with Crippen molar-refractivity contribution in [2.45, 2.75) is 19.4 Å². The van der Waals surface area contributed by atoms with E-state index < -0.39 is 0 Å². The molecule has 2 aromatic carbocycles. The van der Waals surface area contributed by atoms with Crippen LogP contribution in [0.1, 0.15) is 35.3 Å². The van der Waals surface area contributed by atoms with Crippen LogP contribution < -0.4 is 15.4 Å². The highest BCUT2D eigenvalue weighted by Crippen LogP contribution is 2.32.